The van der Waals surface area contributed by atoms with Gasteiger partial charge in [0.1, 0.15) is 30.2 Å². The summed E-state index contributed by atoms with van der Waals surface area (Å²) in [6.07, 6.45) is 4.79. The molecule has 0 saturated carbocycles. The molecule has 312 valence electrons. The van der Waals surface area contributed by atoms with Crippen molar-refractivity contribution in [1.29, 1.82) is 0 Å². The molecule has 1 aliphatic carbocycles. The lowest BCUT2D eigenvalue weighted by molar-refractivity contribution is -0.236. The van der Waals surface area contributed by atoms with Crippen LogP contribution in [0.1, 0.15) is 99.8 Å². The van der Waals surface area contributed by atoms with Crippen LogP contribution in [0.4, 0.5) is 0 Å². The number of hydrogen-bond acceptors (Lipinski definition) is 12. The number of aliphatic hydroxyl groups is 5. The number of nitrogens with zero attached hydrogens (tertiary/aromatic N) is 3. The highest BCUT2D eigenvalue weighted by Crippen LogP contribution is 2.46. The van der Waals surface area contributed by atoms with Crippen LogP contribution in [0.5, 0.6) is 0 Å². The highest BCUT2D eigenvalue weighted by atomic mass is 16.6. The molecule has 13 nitrogen and oxygen atoms in total. The van der Waals surface area contributed by atoms with Gasteiger partial charge in [0.25, 0.3) is 0 Å². The van der Waals surface area contributed by atoms with Gasteiger partial charge in [-0.3, -0.25) is 4.79 Å². The number of hydrogen-bond donors (Lipinski definition) is 7. The summed E-state index contributed by atoms with van der Waals surface area (Å²) in [5.41, 5.74) is 13.3. The summed E-state index contributed by atoms with van der Waals surface area (Å²) < 4.78 is 12.0. The molecule has 6 heterocycles. The zero-order chi connectivity index (χ0) is 41.6. The van der Waals surface area contributed by atoms with Gasteiger partial charge in [-0.25, -0.2) is 15.0 Å². The van der Waals surface area contributed by atoms with E-state index in [1.54, 1.807) is 0 Å². The molecule has 0 aromatic carbocycles. The molecule has 8 bridgehead atoms. The van der Waals surface area contributed by atoms with Crippen molar-refractivity contribution in [2.75, 3.05) is 13.2 Å². The largest absolute Gasteiger partial charge is 0.511 e. The number of ether oxygens (including phenoxy) is 2. The molecular formula is C45H59N5O8. The lowest BCUT2D eigenvalue weighted by Gasteiger charge is -2.40. The van der Waals surface area contributed by atoms with Crippen molar-refractivity contribution in [2.24, 2.45) is 26.8 Å². The minimum Gasteiger partial charge on any atom is -0.511 e. The van der Waals surface area contributed by atoms with Crippen molar-refractivity contribution in [3.05, 3.63) is 91.5 Å². The highest BCUT2D eigenvalue weighted by Gasteiger charge is 2.45. The van der Waals surface area contributed by atoms with Gasteiger partial charge in [0.05, 0.1) is 46.9 Å². The van der Waals surface area contributed by atoms with Crippen molar-refractivity contribution in [1.82, 2.24) is 10.6 Å². The van der Waals surface area contributed by atoms with Crippen molar-refractivity contribution in [3.8, 4) is 0 Å². The number of carbonyl (C=O) groups is 1. The molecule has 7 N–H and O–H groups in total. The molecule has 1 unspecified atom stereocenters. The van der Waals surface area contributed by atoms with Gasteiger partial charge in [-0.05, 0) is 87.5 Å². The summed E-state index contributed by atoms with van der Waals surface area (Å²) in [5, 5.41) is 58.5. The third-order valence-electron chi connectivity index (χ3n) is 12.8. The average molecular weight is 798 g/mol. The molecule has 0 radical (unpaired) electrons. The Balaban J connectivity index is 1.27. The number of amides is 1. The number of fused-ring (bicyclic) bond motifs is 5. The third-order valence-corrected chi connectivity index (χ3v) is 12.8. The summed E-state index contributed by atoms with van der Waals surface area (Å²) in [4.78, 5) is 29.0. The number of rotatable bonds is 13. The van der Waals surface area contributed by atoms with E-state index in [9.17, 15) is 30.3 Å². The Morgan fingerprint density at radius 1 is 0.966 bits per heavy atom. The van der Waals surface area contributed by atoms with Crippen LogP contribution in [-0.2, 0) is 14.3 Å². The van der Waals surface area contributed by atoms with Gasteiger partial charge in [0.2, 0.25) is 5.91 Å². The quantitative estimate of drug-likeness (QED) is 0.120. The number of aliphatic hydroxyl groups excluding tert-OH is 5. The monoisotopic (exact) mass is 797 g/mol. The molecule has 0 aromatic heterocycles. The van der Waals surface area contributed by atoms with Crippen LogP contribution in [0.25, 0.3) is 0 Å². The zero-order valence-corrected chi connectivity index (χ0v) is 34.7. The lowest BCUT2D eigenvalue weighted by atomic mass is 9.86. The third kappa shape index (κ3) is 7.68. The molecule has 2 saturated heterocycles. The van der Waals surface area contributed by atoms with Gasteiger partial charge < -0.3 is 45.6 Å². The number of nitrogens with one attached hydrogen (secondary N) is 2. The first-order valence-electron chi connectivity index (χ1n) is 21.0. The van der Waals surface area contributed by atoms with E-state index in [1.807, 2.05) is 13.0 Å². The van der Waals surface area contributed by atoms with Gasteiger partial charge in [0, 0.05) is 59.4 Å². The molecule has 6 aliphatic heterocycles. The summed E-state index contributed by atoms with van der Waals surface area (Å²) >= 11 is 0. The second kappa shape index (κ2) is 17.2. The number of carbonyl (C=O) groups excluding carboxylic acids is 1. The Morgan fingerprint density at radius 3 is 2.43 bits per heavy atom. The van der Waals surface area contributed by atoms with Crippen molar-refractivity contribution >= 4 is 23.0 Å². The molecule has 0 spiro atoms. The first-order valence-corrected chi connectivity index (χ1v) is 21.0. The maximum absolute atomic E-state index is 13.5. The van der Waals surface area contributed by atoms with Gasteiger partial charge in [-0.2, -0.15) is 0 Å². The Kier molecular flexibility index (Phi) is 12.4. The molecular weight excluding hydrogens is 739 g/mol. The summed E-state index contributed by atoms with van der Waals surface area (Å²) in [6, 6.07) is 0. The van der Waals surface area contributed by atoms with Crippen LogP contribution in [-0.4, -0.2) is 98.5 Å². The second-order valence-corrected chi connectivity index (χ2v) is 16.5. The molecule has 58 heavy (non-hydrogen) atoms. The summed E-state index contributed by atoms with van der Waals surface area (Å²) in [6.45, 7) is 14.8. The topological polar surface area (TPSA) is 198 Å². The highest BCUT2D eigenvalue weighted by molar-refractivity contribution is 6.21. The predicted molar refractivity (Wildman–Crippen MR) is 223 cm³/mol. The molecule has 0 aromatic rings. The van der Waals surface area contributed by atoms with E-state index < -0.39 is 43.2 Å². The minimum atomic E-state index is -1.60. The van der Waals surface area contributed by atoms with Crippen molar-refractivity contribution in [3.63, 3.8) is 0 Å². The smallest absolute Gasteiger partial charge is 0.222 e. The normalized spacial score (nSPS) is 29.8. The first kappa shape index (κ1) is 41.9. The fraction of sp³-hybridized carbons (Fsp3) is 0.556. The number of unbranched alkanes of at least 4 members (excludes halogenated alkanes) is 3. The summed E-state index contributed by atoms with van der Waals surface area (Å²) in [7, 11) is 0. The summed E-state index contributed by atoms with van der Waals surface area (Å²) in [5.74, 6) is -0.473. The van der Waals surface area contributed by atoms with Crippen LogP contribution >= 0.6 is 0 Å². The number of aliphatic imine (C=N–C) groups is 3. The molecule has 2 fully saturated rings. The first-order chi connectivity index (χ1) is 27.8. The zero-order valence-electron chi connectivity index (χ0n) is 34.7. The maximum Gasteiger partial charge on any atom is 0.222 e. The van der Waals surface area contributed by atoms with Crippen LogP contribution in [0.3, 0.4) is 0 Å². The van der Waals surface area contributed by atoms with Gasteiger partial charge in [-0.1, -0.05) is 40.0 Å². The maximum atomic E-state index is 13.5. The molecule has 8 atom stereocenters. The second-order valence-electron chi connectivity index (χ2n) is 16.5. The van der Waals surface area contributed by atoms with Crippen LogP contribution in [0.2, 0.25) is 0 Å². The fourth-order valence-corrected chi connectivity index (χ4v) is 9.25. The van der Waals surface area contributed by atoms with Crippen LogP contribution in [0.15, 0.2) is 106 Å². The Hall–Kier alpha value is -4.24. The van der Waals surface area contributed by atoms with E-state index in [0.717, 1.165) is 105 Å². The Labute approximate surface area is 340 Å². The Morgan fingerprint density at radius 2 is 1.71 bits per heavy atom. The van der Waals surface area contributed by atoms with Crippen LogP contribution < -0.4 is 10.6 Å². The average Bonchev–Trinajstić information content (AvgIpc) is 3.96. The Bertz CT molecular complexity index is 2090. The number of allylic oxidation sites excluding steroid dienone is 11. The minimum absolute atomic E-state index is 0.0404. The van der Waals surface area contributed by atoms with E-state index in [2.05, 4.69) is 64.3 Å². The fourth-order valence-electron chi connectivity index (χ4n) is 9.25. The van der Waals surface area contributed by atoms with E-state index in [0.29, 0.717) is 18.7 Å². The van der Waals surface area contributed by atoms with E-state index in [4.69, 9.17) is 24.5 Å². The molecule has 13 heteroatoms. The van der Waals surface area contributed by atoms with Crippen molar-refractivity contribution < 1.29 is 39.8 Å². The van der Waals surface area contributed by atoms with E-state index >= 15 is 0 Å². The van der Waals surface area contributed by atoms with E-state index in [1.165, 1.54) is 6.42 Å². The van der Waals surface area contributed by atoms with Gasteiger partial charge in [-0.15, -0.1) is 0 Å². The predicted octanol–water partition coefficient (Wildman–Crippen LogP) is 5.34. The SMILES string of the molecule is CCCCCCOC(C)C1=C(C)C2=NC1=CC1=NC(=CC3=C(C)C4=C(O)CC(=C5NC(=C2)[C@@H](C)[C@@H]5CCC(=O)N[C@@H]2O[C@H](CO)[C@@H](O)[C@H](O)[C@H]2O)C4=N3)C(CC)=C1C. The lowest BCUT2D eigenvalue weighted by Crippen LogP contribution is -2.63. The molecule has 7 aliphatic rings. The van der Waals surface area contributed by atoms with E-state index in [-0.39, 0.29) is 36.5 Å². The standard InChI is InChI=1S/C45H59N5O8/c1-8-10-11-12-15-57-25(7)38-23(5)31-17-30-22(4)27(13-14-37(53)50-45-44(56)43(55)42(54)36(20-51)58-45)40(48-30)28-16-35(52)39-24(6)32(49-41(28)39)18-33-26(9-2)21(3)29(46-33)19-34(38)47-31/h17-19,22,25,27,36,42-45,48,51-52,54-56H,8-16,20H2,1-7H3,(H,50,53)/t22-,25?,27-,36+,42+,43-,44+,45+/m0/s1. The van der Waals surface area contributed by atoms with Crippen molar-refractivity contribution in [2.45, 2.75) is 137 Å². The van der Waals surface area contributed by atoms with Crippen LogP contribution in [0, 0.1) is 11.8 Å². The van der Waals surface area contributed by atoms with Gasteiger partial charge in [0.15, 0.2) is 6.23 Å². The molecule has 1 amide bonds. The van der Waals surface area contributed by atoms with Gasteiger partial charge >= 0.3 is 0 Å². The molecule has 7 rings (SSSR count).